The van der Waals surface area contributed by atoms with Crippen molar-refractivity contribution in [2.45, 2.75) is 26.7 Å². The van der Waals surface area contributed by atoms with Gasteiger partial charge in [-0.2, -0.15) is 0 Å². The monoisotopic (exact) mass is 337 g/mol. The lowest BCUT2D eigenvalue weighted by atomic mass is 10.0. The number of nitrogens with zero attached hydrogens (tertiary/aromatic N) is 1. The van der Waals surface area contributed by atoms with Crippen molar-refractivity contribution in [3.63, 3.8) is 0 Å². The van der Waals surface area contributed by atoms with E-state index in [1.165, 1.54) is 11.1 Å². The maximum absolute atomic E-state index is 5.82. The van der Waals surface area contributed by atoms with Crippen molar-refractivity contribution < 1.29 is 4.74 Å². The van der Waals surface area contributed by atoms with Gasteiger partial charge >= 0.3 is 0 Å². The maximum atomic E-state index is 5.82. The Hall–Kier alpha value is -2.49. The third-order valence-corrected chi connectivity index (χ3v) is 4.45. The zero-order valence-electron chi connectivity index (χ0n) is 15.1. The van der Waals surface area contributed by atoms with Crippen molar-refractivity contribution in [3.05, 3.63) is 59.7 Å². The first-order chi connectivity index (χ1) is 12.2. The van der Waals surface area contributed by atoms with Crippen LogP contribution in [0.3, 0.4) is 0 Å². The minimum atomic E-state index is 0.595. The predicted molar refractivity (Wildman–Crippen MR) is 105 cm³/mol. The van der Waals surface area contributed by atoms with E-state index in [1.54, 1.807) is 0 Å². The summed E-state index contributed by atoms with van der Waals surface area (Å²) in [4.78, 5) is 4.34. The van der Waals surface area contributed by atoms with Crippen LogP contribution in [0.1, 0.15) is 31.4 Å². The Morgan fingerprint density at radius 2 is 1.76 bits per heavy atom. The number of rotatable bonds is 7. The summed E-state index contributed by atoms with van der Waals surface area (Å²) in [6.07, 6.45) is 2.07. The third kappa shape index (κ3) is 5.24. The van der Waals surface area contributed by atoms with Crippen LogP contribution in [-0.4, -0.2) is 25.7 Å². The lowest BCUT2D eigenvalue weighted by molar-refractivity contribution is 0.256. The zero-order valence-corrected chi connectivity index (χ0v) is 15.1. The number of ether oxygens (including phenoxy) is 1. The van der Waals surface area contributed by atoms with Crippen LogP contribution in [0.4, 0.5) is 5.69 Å². The molecule has 0 radical (unpaired) electrons. The molecule has 0 spiro atoms. The number of benzene rings is 2. The van der Waals surface area contributed by atoms with Crippen LogP contribution in [0.25, 0.3) is 0 Å². The maximum Gasteiger partial charge on any atom is 0.195 e. The summed E-state index contributed by atoms with van der Waals surface area (Å²) in [6, 6.07) is 16.9. The molecule has 0 bridgehead atoms. The Balaban J connectivity index is 1.53. The summed E-state index contributed by atoms with van der Waals surface area (Å²) in [5, 5.41) is 6.50. The van der Waals surface area contributed by atoms with Gasteiger partial charge in [-0.3, -0.25) is 4.99 Å². The molecule has 0 unspecified atom stereocenters. The van der Waals surface area contributed by atoms with E-state index in [1.807, 2.05) is 0 Å². The lowest BCUT2D eigenvalue weighted by Crippen LogP contribution is -2.26. The Morgan fingerprint density at radius 3 is 2.36 bits per heavy atom. The van der Waals surface area contributed by atoms with E-state index in [0.29, 0.717) is 5.92 Å². The van der Waals surface area contributed by atoms with Crippen LogP contribution in [0.2, 0.25) is 0 Å². The van der Waals surface area contributed by atoms with E-state index < -0.39 is 0 Å². The van der Waals surface area contributed by atoms with Crippen LogP contribution in [0.15, 0.2) is 53.5 Å². The minimum Gasteiger partial charge on any atom is -0.493 e. The summed E-state index contributed by atoms with van der Waals surface area (Å²) < 4.78 is 5.82. The van der Waals surface area contributed by atoms with E-state index in [9.17, 15) is 0 Å². The summed E-state index contributed by atoms with van der Waals surface area (Å²) in [5.74, 6) is 2.41. The molecule has 4 heteroatoms. The molecule has 0 amide bonds. The van der Waals surface area contributed by atoms with E-state index in [-0.39, 0.29) is 0 Å². The highest BCUT2D eigenvalue weighted by molar-refractivity contribution is 5.94. The number of hydrogen-bond donors (Lipinski definition) is 2. The topological polar surface area (TPSA) is 45.6 Å². The fourth-order valence-corrected chi connectivity index (χ4v) is 2.62. The largest absolute Gasteiger partial charge is 0.493 e. The predicted octanol–water partition coefficient (Wildman–Crippen LogP) is 4.07. The second kappa shape index (κ2) is 8.56. The molecule has 132 valence electrons. The molecule has 2 aromatic carbocycles. The molecule has 1 atom stereocenters. The number of anilines is 1. The van der Waals surface area contributed by atoms with E-state index in [4.69, 9.17) is 4.74 Å². The van der Waals surface area contributed by atoms with Crippen LogP contribution in [-0.2, 0) is 6.42 Å². The molecule has 1 aliphatic rings. The molecule has 4 nitrogen and oxygen atoms in total. The molecule has 0 saturated carbocycles. The summed E-state index contributed by atoms with van der Waals surface area (Å²) in [6.45, 7) is 6.94. The summed E-state index contributed by atoms with van der Waals surface area (Å²) in [7, 11) is 0. The average Bonchev–Trinajstić information content (AvgIpc) is 3.15. The first-order valence-corrected chi connectivity index (χ1v) is 9.09. The molecule has 0 saturated heterocycles. The minimum absolute atomic E-state index is 0.595. The van der Waals surface area contributed by atoms with Crippen molar-refractivity contribution in [2.24, 2.45) is 10.9 Å². The Kier molecular flexibility index (Phi) is 5.94. The molecule has 3 rings (SSSR count). The SMILES string of the molecule is CC[C@H](C)COc1ccc(Cc2ccc(NC3=NCCN3)cc2)cc1. The molecular weight excluding hydrogens is 310 g/mol. The van der Waals surface area contributed by atoms with Gasteiger partial charge in [0, 0.05) is 12.2 Å². The molecule has 0 fully saturated rings. The number of aliphatic imine (C=N–C) groups is 1. The van der Waals surface area contributed by atoms with Crippen LogP contribution in [0, 0.1) is 5.92 Å². The van der Waals surface area contributed by atoms with Crippen LogP contribution >= 0.6 is 0 Å². The van der Waals surface area contributed by atoms with Gasteiger partial charge in [-0.25, -0.2) is 0 Å². The standard InChI is InChI=1S/C21H27N3O/c1-3-16(2)15-25-20-10-6-18(7-11-20)14-17-4-8-19(9-5-17)24-21-22-12-13-23-21/h4-11,16H,3,12-15H2,1-2H3,(H2,22,23,24)/t16-/m0/s1. The first-order valence-electron chi connectivity index (χ1n) is 9.09. The fourth-order valence-electron chi connectivity index (χ4n) is 2.62. The fraction of sp³-hybridized carbons (Fsp3) is 0.381. The molecule has 0 aliphatic carbocycles. The van der Waals surface area contributed by atoms with E-state index >= 15 is 0 Å². The molecule has 1 heterocycles. The molecule has 2 N–H and O–H groups in total. The number of nitrogens with one attached hydrogen (secondary N) is 2. The van der Waals surface area contributed by atoms with Gasteiger partial charge in [0.25, 0.3) is 0 Å². The summed E-state index contributed by atoms with van der Waals surface area (Å²) >= 11 is 0. The van der Waals surface area contributed by atoms with Gasteiger partial charge in [-0.15, -0.1) is 0 Å². The molecule has 2 aromatic rings. The Labute approximate surface area is 150 Å². The molecule has 25 heavy (non-hydrogen) atoms. The van der Waals surface area contributed by atoms with Crippen molar-refractivity contribution in [2.75, 3.05) is 25.0 Å². The molecular formula is C21H27N3O. The first kappa shape index (κ1) is 17.3. The van der Waals surface area contributed by atoms with Gasteiger partial charge < -0.3 is 15.4 Å². The normalized spacial score (nSPS) is 14.6. The summed E-state index contributed by atoms with van der Waals surface area (Å²) in [5.41, 5.74) is 3.64. The smallest absolute Gasteiger partial charge is 0.195 e. The second-order valence-corrected chi connectivity index (χ2v) is 6.62. The number of hydrogen-bond acceptors (Lipinski definition) is 4. The zero-order chi connectivity index (χ0) is 17.5. The highest BCUT2D eigenvalue weighted by Crippen LogP contribution is 2.18. The second-order valence-electron chi connectivity index (χ2n) is 6.62. The molecule has 0 aromatic heterocycles. The third-order valence-electron chi connectivity index (χ3n) is 4.45. The highest BCUT2D eigenvalue weighted by atomic mass is 16.5. The molecule has 1 aliphatic heterocycles. The van der Waals surface area contributed by atoms with Gasteiger partial charge in [-0.1, -0.05) is 44.5 Å². The average molecular weight is 337 g/mol. The van der Waals surface area contributed by atoms with Crippen molar-refractivity contribution in [1.29, 1.82) is 0 Å². The lowest BCUT2D eigenvalue weighted by Gasteiger charge is -2.11. The Morgan fingerprint density at radius 1 is 1.08 bits per heavy atom. The highest BCUT2D eigenvalue weighted by Gasteiger charge is 2.05. The van der Waals surface area contributed by atoms with Gasteiger partial charge in [0.1, 0.15) is 5.75 Å². The van der Waals surface area contributed by atoms with E-state index in [2.05, 4.69) is 78.0 Å². The van der Waals surface area contributed by atoms with Crippen LogP contribution in [0.5, 0.6) is 5.75 Å². The van der Waals surface area contributed by atoms with Gasteiger partial charge in [0.05, 0.1) is 13.2 Å². The quantitative estimate of drug-likeness (QED) is 0.800. The van der Waals surface area contributed by atoms with Gasteiger partial charge in [0.2, 0.25) is 0 Å². The van der Waals surface area contributed by atoms with Gasteiger partial charge in [0.15, 0.2) is 5.96 Å². The number of guanidine groups is 1. The van der Waals surface area contributed by atoms with Crippen LogP contribution < -0.4 is 15.4 Å². The van der Waals surface area contributed by atoms with Crippen molar-refractivity contribution >= 4 is 11.6 Å². The van der Waals surface area contributed by atoms with Crippen molar-refractivity contribution in [3.8, 4) is 5.75 Å². The van der Waals surface area contributed by atoms with Crippen molar-refractivity contribution in [1.82, 2.24) is 5.32 Å². The Bertz CT molecular complexity index is 692. The van der Waals surface area contributed by atoms with E-state index in [0.717, 1.165) is 49.9 Å². The van der Waals surface area contributed by atoms with Gasteiger partial charge in [-0.05, 0) is 47.7 Å².